The number of carbonyl (C=O) groups excluding carboxylic acids is 1. The van der Waals surface area contributed by atoms with Crippen LogP contribution in [0.1, 0.15) is 27.7 Å². The Kier molecular flexibility index (Phi) is 4.89. The monoisotopic (exact) mass is 306 g/mol. The number of nitrogens with zero attached hydrogens (tertiary/aromatic N) is 1. The van der Waals surface area contributed by atoms with Crippen molar-refractivity contribution >= 4 is 23.2 Å². The molecule has 21 heavy (non-hydrogen) atoms. The molecule has 0 spiro atoms. The lowest BCUT2D eigenvalue weighted by Gasteiger charge is -2.15. The molecule has 0 aliphatic heterocycles. The second-order valence-corrected chi connectivity index (χ2v) is 5.21. The van der Waals surface area contributed by atoms with Gasteiger partial charge in [0.25, 0.3) is 5.91 Å². The molecule has 0 aliphatic rings. The molecular weight excluding hydrogens is 292 g/mol. The molecule has 0 aromatic carbocycles. The summed E-state index contributed by atoms with van der Waals surface area (Å²) >= 11 is 1.40. The first-order valence-electron chi connectivity index (χ1n) is 6.16. The van der Waals surface area contributed by atoms with E-state index in [1.807, 2.05) is 11.4 Å². The van der Waals surface area contributed by atoms with Gasteiger partial charge in [0, 0.05) is 22.7 Å². The van der Waals surface area contributed by atoms with E-state index in [2.05, 4.69) is 10.3 Å². The number of methoxy groups -OCH3 is 1. The summed E-state index contributed by atoms with van der Waals surface area (Å²) < 4.78 is 4.96. The molecule has 0 saturated heterocycles. The summed E-state index contributed by atoms with van der Waals surface area (Å²) in [5.74, 6) is -1.01. The van der Waals surface area contributed by atoms with Crippen molar-refractivity contribution in [3.63, 3.8) is 0 Å². The van der Waals surface area contributed by atoms with Crippen molar-refractivity contribution in [2.45, 2.75) is 12.5 Å². The van der Waals surface area contributed by atoms with Gasteiger partial charge in [-0.2, -0.15) is 0 Å². The number of nitrogens with one attached hydrogen (secondary N) is 1. The van der Waals surface area contributed by atoms with E-state index >= 15 is 0 Å². The molecule has 2 N–H and O–H groups in total. The number of ether oxygens (including phenoxy) is 1. The average molecular weight is 306 g/mol. The van der Waals surface area contributed by atoms with Gasteiger partial charge in [-0.1, -0.05) is 6.07 Å². The van der Waals surface area contributed by atoms with Gasteiger partial charge in [0.2, 0.25) is 5.88 Å². The SMILES string of the molecule is COc1cc(C(=O)NC(CC(=O)O)c2cccs2)ccn1. The van der Waals surface area contributed by atoms with Crippen LogP contribution in [0.15, 0.2) is 35.8 Å². The van der Waals surface area contributed by atoms with E-state index < -0.39 is 12.0 Å². The predicted octanol–water partition coefficient (Wildman–Crippen LogP) is 2.10. The molecule has 2 aromatic heterocycles. The first-order valence-corrected chi connectivity index (χ1v) is 7.04. The number of thiophene rings is 1. The molecule has 0 aliphatic carbocycles. The fourth-order valence-corrected chi connectivity index (χ4v) is 2.57. The number of carboxylic acid groups (broad SMARTS) is 1. The van der Waals surface area contributed by atoms with E-state index in [4.69, 9.17) is 9.84 Å². The Morgan fingerprint density at radius 3 is 2.90 bits per heavy atom. The number of hydrogen-bond acceptors (Lipinski definition) is 5. The van der Waals surface area contributed by atoms with Gasteiger partial charge in [-0.25, -0.2) is 4.98 Å². The molecule has 6 nitrogen and oxygen atoms in total. The number of hydrogen-bond donors (Lipinski definition) is 2. The molecule has 0 fully saturated rings. The van der Waals surface area contributed by atoms with E-state index in [1.165, 1.54) is 30.7 Å². The zero-order valence-electron chi connectivity index (χ0n) is 11.3. The predicted molar refractivity (Wildman–Crippen MR) is 77.6 cm³/mol. The van der Waals surface area contributed by atoms with Gasteiger partial charge in [-0.05, 0) is 17.5 Å². The maximum Gasteiger partial charge on any atom is 0.305 e. The highest BCUT2D eigenvalue weighted by Gasteiger charge is 2.20. The number of rotatable bonds is 6. The normalized spacial score (nSPS) is 11.7. The highest BCUT2D eigenvalue weighted by molar-refractivity contribution is 7.10. The van der Waals surface area contributed by atoms with E-state index in [0.717, 1.165) is 4.88 Å². The summed E-state index contributed by atoms with van der Waals surface area (Å²) in [5.41, 5.74) is 0.369. The fraction of sp³-hybridized carbons (Fsp3) is 0.214. The van der Waals surface area contributed by atoms with Gasteiger partial charge in [0.15, 0.2) is 0 Å². The van der Waals surface area contributed by atoms with Gasteiger partial charge in [0.1, 0.15) is 0 Å². The van der Waals surface area contributed by atoms with E-state index in [9.17, 15) is 9.59 Å². The highest BCUT2D eigenvalue weighted by atomic mass is 32.1. The molecule has 1 atom stereocenters. The topological polar surface area (TPSA) is 88.5 Å². The lowest BCUT2D eigenvalue weighted by atomic mass is 10.1. The third kappa shape index (κ3) is 4.03. The molecule has 2 aromatic rings. The molecule has 0 saturated carbocycles. The molecule has 2 rings (SSSR count). The van der Waals surface area contributed by atoms with Crippen LogP contribution < -0.4 is 10.1 Å². The molecule has 2 heterocycles. The van der Waals surface area contributed by atoms with Crippen molar-refractivity contribution in [1.82, 2.24) is 10.3 Å². The molecule has 0 bridgehead atoms. The number of pyridine rings is 1. The van der Waals surface area contributed by atoms with Crippen molar-refractivity contribution in [1.29, 1.82) is 0 Å². The van der Waals surface area contributed by atoms with Crippen LogP contribution in [0.3, 0.4) is 0 Å². The van der Waals surface area contributed by atoms with Crippen LogP contribution in [-0.4, -0.2) is 29.1 Å². The maximum atomic E-state index is 12.2. The third-order valence-electron chi connectivity index (χ3n) is 2.78. The summed E-state index contributed by atoms with van der Waals surface area (Å²) in [6, 6.07) is 6.10. The van der Waals surface area contributed by atoms with E-state index in [1.54, 1.807) is 12.1 Å². The van der Waals surface area contributed by atoms with E-state index in [-0.39, 0.29) is 12.3 Å². The van der Waals surface area contributed by atoms with Crippen LogP contribution in [0, 0.1) is 0 Å². The fourth-order valence-electron chi connectivity index (χ4n) is 1.79. The van der Waals surface area contributed by atoms with Crippen molar-refractivity contribution in [3.8, 4) is 5.88 Å². The van der Waals surface area contributed by atoms with Crippen LogP contribution in [0.2, 0.25) is 0 Å². The Hall–Kier alpha value is -2.41. The highest BCUT2D eigenvalue weighted by Crippen LogP contribution is 2.22. The summed E-state index contributed by atoms with van der Waals surface area (Å²) in [6.45, 7) is 0. The van der Waals surface area contributed by atoms with Crippen molar-refractivity contribution in [2.24, 2.45) is 0 Å². The summed E-state index contributed by atoms with van der Waals surface area (Å²) in [4.78, 5) is 27.9. The quantitative estimate of drug-likeness (QED) is 0.853. The second kappa shape index (κ2) is 6.85. The Balaban J connectivity index is 2.15. The largest absolute Gasteiger partial charge is 0.481 e. The van der Waals surface area contributed by atoms with E-state index in [0.29, 0.717) is 11.4 Å². The number of carboxylic acids is 1. The Labute approximate surface area is 125 Å². The first kappa shape index (κ1) is 15.0. The van der Waals surface area contributed by atoms with Gasteiger partial charge >= 0.3 is 5.97 Å². The Morgan fingerprint density at radius 1 is 1.48 bits per heavy atom. The lowest BCUT2D eigenvalue weighted by Crippen LogP contribution is -2.29. The average Bonchev–Trinajstić information content (AvgIpc) is 3.00. The number of aromatic nitrogens is 1. The number of carbonyl (C=O) groups is 2. The zero-order valence-corrected chi connectivity index (χ0v) is 12.1. The summed E-state index contributed by atoms with van der Waals surface area (Å²) in [6.07, 6.45) is 1.29. The summed E-state index contributed by atoms with van der Waals surface area (Å²) in [7, 11) is 1.46. The first-order chi connectivity index (χ1) is 10.1. The zero-order chi connectivity index (χ0) is 15.2. The number of aliphatic carboxylic acids is 1. The van der Waals surface area contributed by atoms with Gasteiger partial charge in [0.05, 0.1) is 19.6 Å². The van der Waals surface area contributed by atoms with Crippen LogP contribution in [0.5, 0.6) is 5.88 Å². The summed E-state index contributed by atoms with van der Waals surface area (Å²) in [5, 5.41) is 13.5. The van der Waals surface area contributed by atoms with Crippen molar-refractivity contribution < 1.29 is 19.4 Å². The minimum absolute atomic E-state index is 0.172. The Morgan fingerprint density at radius 2 is 2.29 bits per heavy atom. The van der Waals surface area contributed by atoms with Crippen LogP contribution in [0.25, 0.3) is 0 Å². The molecule has 1 amide bonds. The molecule has 0 radical (unpaired) electrons. The minimum atomic E-state index is -0.971. The second-order valence-electron chi connectivity index (χ2n) is 4.23. The number of amides is 1. The molecule has 110 valence electrons. The Bertz CT molecular complexity index is 628. The lowest BCUT2D eigenvalue weighted by molar-refractivity contribution is -0.137. The third-order valence-corrected chi connectivity index (χ3v) is 3.76. The molecular formula is C14H14N2O4S. The maximum absolute atomic E-state index is 12.2. The minimum Gasteiger partial charge on any atom is -0.481 e. The van der Waals surface area contributed by atoms with Crippen LogP contribution in [-0.2, 0) is 4.79 Å². The van der Waals surface area contributed by atoms with Gasteiger partial charge in [-0.3, -0.25) is 9.59 Å². The molecule has 7 heteroatoms. The smallest absolute Gasteiger partial charge is 0.305 e. The van der Waals surface area contributed by atoms with Crippen molar-refractivity contribution in [3.05, 3.63) is 46.3 Å². The standard InChI is InChI=1S/C14H14N2O4S/c1-20-12-7-9(4-5-15-12)14(19)16-10(8-13(17)18)11-3-2-6-21-11/h2-7,10H,8H2,1H3,(H,16,19)(H,17,18). The molecule has 1 unspecified atom stereocenters. The van der Waals surface area contributed by atoms with Gasteiger partial charge in [-0.15, -0.1) is 11.3 Å². The van der Waals surface area contributed by atoms with Crippen LogP contribution >= 0.6 is 11.3 Å². The van der Waals surface area contributed by atoms with Gasteiger partial charge < -0.3 is 15.2 Å². The van der Waals surface area contributed by atoms with Crippen molar-refractivity contribution in [2.75, 3.05) is 7.11 Å². The van der Waals surface area contributed by atoms with Crippen LogP contribution in [0.4, 0.5) is 0 Å².